The van der Waals surface area contributed by atoms with Crippen LogP contribution in [-0.4, -0.2) is 48.2 Å². The van der Waals surface area contributed by atoms with Gasteiger partial charge >= 0.3 is 5.97 Å². The number of carbonyl (C=O) groups is 2. The Morgan fingerprint density at radius 1 is 1.28 bits per heavy atom. The second-order valence-electron chi connectivity index (χ2n) is 5.25. The number of likely N-dealkylation sites (N-methyl/N-ethyl adjacent to an activating group) is 1. The molecule has 0 spiro atoms. The highest BCUT2D eigenvalue weighted by Gasteiger charge is 2.39. The molecular formula is C13H25NO4. The van der Waals surface area contributed by atoms with Crippen LogP contribution in [0.3, 0.4) is 0 Å². The predicted molar refractivity (Wildman–Crippen MR) is 69.3 cm³/mol. The zero-order chi connectivity index (χ0) is 14.3. The first-order valence-corrected chi connectivity index (χ1v) is 6.35. The van der Waals surface area contributed by atoms with Gasteiger partial charge in [-0.25, -0.2) is 0 Å². The number of carboxylic acid groups (broad SMARTS) is 1. The van der Waals surface area contributed by atoms with Gasteiger partial charge < -0.3 is 14.7 Å². The lowest BCUT2D eigenvalue weighted by molar-refractivity contribution is -0.156. The van der Waals surface area contributed by atoms with Crippen LogP contribution in [0.5, 0.6) is 0 Å². The molecule has 5 nitrogen and oxygen atoms in total. The quantitative estimate of drug-likeness (QED) is 0.557. The van der Waals surface area contributed by atoms with Crippen LogP contribution in [0.1, 0.15) is 34.6 Å². The van der Waals surface area contributed by atoms with Gasteiger partial charge in [0.15, 0.2) is 0 Å². The van der Waals surface area contributed by atoms with Crippen LogP contribution in [0.25, 0.3) is 0 Å². The summed E-state index contributed by atoms with van der Waals surface area (Å²) in [5.41, 5.74) is -0.595. The van der Waals surface area contributed by atoms with Crippen LogP contribution < -0.4 is 0 Å². The van der Waals surface area contributed by atoms with E-state index in [0.717, 1.165) is 0 Å². The maximum Gasteiger partial charge on any atom is 0.316 e. The molecule has 0 radical (unpaired) electrons. The number of nitrogens with zero attached hydrogens (tertiary/aromatic N) is 1. The molecule has 0 aliphatic heterocycles. The zero-order valence-electron chi connectivity index (χ0n) is 12.0. The van der Waals surface area contributed by atoms with Gasteiger partial charge in [-0.05, 0) is 19.3 Å². The van der Waals surface area contributed by atoms with Gasteiger partial charge in [0, 0.05) is 19.7 Å². The standard InChI is InChI=1S/C13H25NO4/c1-6-14(8-9-18-7-2)11(15)10(12(16)17)13(3,4)5/h10H,6-9H2,1-5H3,(H,16,17). The number of rotatable bonds is 7. The summed E-state index contributed by atoms with van der Waals surface area (Å²) in [4.78, 5) is 25.0. The molecule has 1 atom stereocenters. The van der Waals surface area contributed by atoms with Crippen molar-refractivity contribution in [1.82, 2.24) is 4.90 Å². The predicted octanol–water partition coefficient (Wildman–Crippen LogP) is 1.62. The van der Waals surface area contributed by atoms with E-state index in [1.54, 1.807) is 25.7 Å². The lowest BCUT2D eigenvalue weighted by Crippen LogP contribution is -2.46. The molecule has 0 fully saturated rings. The van der Waals surface area contributed by atoms with Crippen molar-refractivity contribution in [2.75, 3.05) is 26.3 Å². The maximum absolute atomic E-state index is 12.2. The van der Waals surface area contributed by atoms with E-state index in [4.69, 9.17) is 4.74 Å². The normalized spacial score (nSPS) is 13.2. The number of carbonyl (C=O) groups excluding carboxylic acids is 1. The Labute approximate surface area is 109 Å². The van der Waals surface area contributed by atoms with Gasteiger partial charge in [-0.1, -0.05) is 20.8 Å². The third-order valence-corrected chi connectivity index (χ3v) is 2.76. The lowest BCUT2D eigenvalue weighted by Gasteiger charge is -2.31. The van der Waals surface area contributed by atoms with E-state index in [9.17, 15) is 14.7 Å². The summed E-state index contributed by atoms with van der Waals surface area (Å²) in [7, 11) is 0. The fraction of sp³-hybridized carbons (Fsp3) is 0.846. The number of aliphatic carboxylic acids is 1. The molecule has 0 heterocycles. The summed E-state index contributed by atoms with van der Waals surface area (Å²) in [6, 6.07) is 0. The summed E-state index contributed by atoms with van der Waals surface area (Å²) >= 11 is 0. The Morgan fingerprint density at radius 2 is 1.83 bits per heavy atom. The van der Waals surface area contributed by atoms with Crippen LogP contribution in [-0.2, 0) is 14.3 Å². The molecule has 0 bridgehead atoms. The van der Waals surface area contributed by atoms with Crippen molar-refractivity contribution in [3.05, 3.63) is 0 Å². The molecule has 0 rings (SSSR count). The third-order valence-electron chi connectivity index (χ3n) is 2.76. The van der Waals surface area contributed by atoms with E-state index in [2.05, 4.69) is 0 Å². The Hall–Kier alpha value is -1.10. The van der Waals surface area contributed by atoms with E-state index in [0.29, 0.717) is 26.3 Å². The highest BCUT2D eigenvalue weighted by atomic mass is 16.5. The molecule has 1 unspecified atom stereocenters. The highest BCUT2D eigenvalue weighted by molar-refractivity contribution is 5.97. The number of hydrogen-bond acceptors (Lipinski definition) is 3. The average Bonchev–Trinajstić information content (AvgIpc) is 2.21. The second-order valence-corrected chi connectivity index (χ2v) is 5.25. The second kappa shape index (κ2) is 7.36. The van der Waals surface area contributed by atoms with E-state index >= 15 is 0 Å². The third kappa shape index (κ3) is 5.04. The van der Waals surface area contributed by atoms with Crippen molar-refractivity contribution >= 4 is 11.9 Å². The first-order valence-electron chi connectivity index (χ1n) is 6.35. The van der Waals surface area contributed by atoms with E-state index in [1.807, 2.05) is 13.8 Å². The van der Waals surface area contributed by atoms with Gasteiger partial charge in [0.1, 0.15) is 5.92 Å². The van der Waals surface area contributed by atoms with Crippen LogP contribution >= 0.6 is 0 Å². The Bertz CT molecular complexity index is 283. The van der Waals surface area contributed by atoms with Crippen LogP contribution in [0.2, 0.25) is 0 Å². The van der Waals surface area contributed by atoms with Crippen molar-refractivity contribution < 1.29 is 19.4 Å². The van der Waals surface area contributed by atoms with Gasteiger partial charge in [0.2, 0.25) is 5.91 Å². The summed E-state index contributed by atoms with van der Waals surface area (Å²) in [5, 5.41) is 9.22. The molecule has 0 saturated heterocycles. The summed E-state index contributed by atoms with van der Waals surface area (Å²) < 4.78 is 5.20. The number of carboxylic acids is 1. The zero-order valence-corrected chi connectivity index (χ0v) is 12.0. The van der Waals surface area contributed by atoms with E-state index in [-0.39, 0.29) is 5.91 Å². The van der Waals surface area contributed by atoms with Gasteiger partial charge in [-0.15, -0.1) is 0 Å². The topological polar surface area (TPSA) is 66.8 Å². The van der Waals surface area contributed by atoms with Crippen molar-refractivity contribution in [3.63, 3.8) is 0 Å². The molecule has 1 N–H and O–H groups in total. The molecule has 5 heteroatoms. The fourth-order valence-corrected chi connectivity index (χ4v) is 1.77. The van der Waals surface area contributed by atoms with Gasteiger partial charge in [0.05, 0.1) is 6.61 Å². The first-order chi connectivity index (χ1) is 8.25. The summed E-state index contributed by atoms with van der Waals surface area (Å²) in [5.74, 6) is -2.42. The minimum absolute atomic E-state index is 0.336. The van der Waals surface area contributed by atoms with Gasteiger partial charge in [-0.2, -0.15) is 0 Å². The fourth-order valence-electron chi connectivity index (χ4n) is 1.77. The Morgan fingerprint density at radius 3 is 2.17 bits per heavy atom. The first kappa shape index (κ1) is 16.9. The SMILES string of the molecule is CCOCCN(CC)C(=O)C(C(=O)O)C(C)(C)C. The smallest absolute Gasteiger partial charge is 0.316 e. The molecule has 0 saturated carbocycles. The molecule has 0 aliphatic carbocycles. The van der Waals surface area contributed by atoms with Crippen LogP contribution in [0.15, 0.2) is 0 Å². The summed E-state index contributed by atoms with van der Waals surface area (Å²) in [6.45, 7) is 11.0. The molecule has 0 aromatic rings. The molecule has 0 aromatic carbocycles. The van der Waals surface area contributed by atoms with E-state index < -0.39 is 17.3 Å². The number of hydrogen-bond donors (Lipinski definition) is 1. The molecule has 0 aromatic heterocycles. The number of ether oxygens (including phenoxy) is 1. The minimum atomic E-state index is -1.07. The van der Waals surface area contributed by atoms with Gasteiger partial charge in [-0.3, -0.25) is 9.59 Å². The Balaban J connectivity index is 4.77. The van der Waals surface area contributed by atoms with Crippen molar-refractivity contribution in [1.29, 1.82) is 0 Å². The van der Waals surface area contributed by atoms with Crippen LogP contribution in [0, 0.1) is 11.3 Å². The lowest BCUT2D eigenvalue weighted by atomic mass is 9.80. The van der Waals surface area contributed by atoms with Crippen molar-refractivity contribution in [2.24, 2.45) is 11.3 Å². The van der Waals surface area contributed by atoms with E-state index in [1.165, 1.54) is 0 Å². The van der Waals surface area contributed by atoms with Crippen molar-refractivity contribution in [2.45, 2.75) is 34.6 Å². The Kier molecular flexibility index (Phi) is 6.91. The number of amides is 1. The summed E-state index contributed by atoms with van der Waals surface area (Å²) in [6.07, 6.45) is 0. The maximum atomic E-state index is 12.2. The van der Waals surface area contributed by atoms with Gasteiger partial charge in [0.25, 0.3) is 0 Å². The molecular weight excluding hydrogens is 234 g/mol. The molecule has 106 valence electrons. The molecule has 1 amide bonds. The van der Waals surface area contributed by atoms with Crippen molar-refractivity contribution in [3.8, 4) is 0 Å². The minimum Gasteiger partial charge on any atom is -0.481 e. The molecule has 18 heavy (non-hydrogen) atoms. The average molecular weight is 259 g/mol. The largest absolute Gasteiger partial charge is 0.481 e. The molecule has 0 aliphatic rings. The van der Waals surface area contributed by atoms with Crippen LogP contribution in [0.4, 0.5) is 0 Å². The highest BCUT2D eigenvalue weighted by Crippen LogP contribution is 2.27. The monoisotopic (exact) mass is 259 g/mol.